The molecule has 0 radical (unpaired) electrons. The van der Waals surface area contributed by atoms with Crippen molar-refractivity contribution in [3.8, 4) is 6.07 Å². The summed E-state index contributed by atoms with van der Waals surface area (Å²) in [5.41, 5.74) is -1.65. The Balaban J connectivity index is 1.50. The summed E-state index contributed by atoms with van der Waals surface area (Å²) in [6.45, 7) is 4.05. The van der Waals surface area contributed by atoms with Crippen molar-refractivity contribution in [2.75, 3.05) is 6.54 Å². The molecule has 34 heavy (non-hydrogen) atoms. The van der Waals surface area contributed by atoms with Gasteiger partial charge in [-0.25, -0.2) is 0 Å². The lowest BCUT2D eigenvalue weighted by molar-refractivity contribution is -0.140. The number of nitriles is 1. The minimum atomic E-state index is -4.61. The van der Waals surface area contributed by atoms with Gasteiger partial charge in [-0.1, -0.05) is 6.42 Å². The van der Waals surface area contributed by atoms with Gasteiger partial charge in [0, 0.05) is 18.0 Å². The van der Waals surface area contributed by atoms with Crippen LogP contribution in [0, 0.1) is 29.1 Å². The number of rotatable bonds is 5. The monoisotopic (exact) mass is 479 g/mol. The molecule has 4 rings (SSSR count). The normalized spacial score (nSPS) is 28.8. The molecule has 1 aromatic rings. The average molecular weight is 480 g/mol. The van der Waals surface area contributed by atoms with E-state index in [0.29, 0.717) is 6.42 Å². The number of likely N-dealkylation sites (tertiary alicyclic amines) is 1. The maximum absolute atomic E-state index is 13.3. The number of halogens is 3. The third kappa shape index (κ3) is 4.63. The lowest BCUT2D eigenvalue weighted by atomic mass is 9.91. The van der Waals surface area contributed by atoms with E-state index in [9.17, 15) is 32.8 Å². The van der Waals surface area contributed by atoms with Crippen LogP contribution in [0.25, 0.3) is 0 Å². The second-order valence-electron chi connectivity index (χ2n) is 10.2. The molecule has 3 amide bonds. The van der Waals surface area contributed by atoms with Crippen molar-refractivity contribution in [2.45, 2.75) is 69.8 Å². The second-order valence-corrected chi connectivity index (χ2v) is 10.2. The Labute approximate surface area is 195 Å². The highest BCUT2D eigenvalue weighted by Crippen LogP contribution is 2.43. The first-order chi connectivity index (χ1) is 15.9. The largest absolute Gasteiger partial charge is 0.431 e. The van der Waals surface area contributed by atoms with Crippen molar-refractivity contribution in [3.63, 3.8) is 0 Å². The maximum atomic E-state index is 13.3. The molecule has 184 valence electrons. The minimum Gasteiger partial charge on any atom is -0.351 e. The van der Waals surface area contributed by atoms with Crippen LogP contribution in [0.4, 0.5) is 13.2 Å². The lowest BCUT2D eigenvalue weighted by Crippen LogP contribution is -2.51. The number of nitrogens with zero attached hydrogens (tertiary/aromatic N) is 2. The number of carbonyl (C=O) groups excluding carboxylic acids is 3. The number of aromatic amines is 1. The van der Waals surface area contributed by atoms with Crippen LogP contribution in [0.2, 0.25) is 0 Å². The van der Waals surface area contributed by atoms with Crippen molar-refractivity contribution in [2.24, 2.45) is 17.8 Å². The smallest absolute Gasteiger partial charge is 0.351 e. The molecule has 3 aliphatic rings. The predicted octanol–water partition coefficient (Wildman–Crippen LogP) is 2.59. The van der Waals surface area contributed by atoms with E-state index in [2.05, 4.69) is 15.6 Å². The van der Waals surface area contributed by atoms with E-state index in [1.165, 1.54) is 4.90 Å². The average Bonchev–Trinajstić information content (AvgIpc) is 3.49. The molecule has 0 aromatic carbocycles. The van der Waals surface area contributed by atoms with Gasteiger partial charge < -0.3 is 20.5 Å². The summed E-state index contributed by atoms with van der Waals surface area (Å²) >= 11 is 0. The number of hydrogen-bond acceptors (Lipinski definition) is 4. The van der Waals surface area contributed by atoms with Crippen LogP contribution in [0.15, 0.2) is 12.1 Å². The number of hydrogen-bond donors (Lipinski definition) is 3. The van der Waals surface area contributed by atoms with Gasteiger partial charge in [-0.05, 0) is 63.5 Å². The van der Waals surface area contributed by atoms with E-state index >= 15 is 0 Å². The molecule has 8 nitrogen and oxygen atoms in total. The van der Waals surface area contributed by atoms with Crippen LogP contribution in [0.1, 0.15) is 62.1 Å². The molecular weight excluding hydrogens is 451 g/mol. The van der Waals surface area contributed by atoms with Crippen molar-refractivity contribution in [1.82, 2.24) is 20.5 Å². The summed E-state index contributed by atoms with van der Waals surface area (Å²) in [6.07, 6.45) is -1.47. The van der Waals surface area contributed by atoms with E-state index in [1.54, 1.807) is 0 Å². The summed E-state index contributed by atoms with van der Waals surface area (Å²) in [6, 6.07) is 2.13. The van der Waals surface area contributed by atoms with Crippen molar-refractivity contribution >= 4 is 17.7 Å². The molecule has 2 saturated heterocycles. The number of aromatic nitrogens is 1. The van der Waals surface area contributed by atoms with Gasteiger partial charge >= 0.3 is 6.18 Å². The van der Waals surface area contributed by atoms with Crippen LogP contribution in [-0.4, -0.2) is 51.8 Å². The van der Waals surface area contributed by atoms with Gasteiger partial charge in [-0.15, -0.1) is 0 Å². The van der Waals surface area contributed by atoms with E-state index in [4.69, 9.17) is 0 Å². The second kappa shape index (κ2) is 8.64. The topological polar surface area (TPSA) is 118 Å². The SMILES string of the molecule is CC1(C)C[C@@H](C[C@@H](C#N)NC(=O)[C@@H]2[C@H]3CCC[C@H]3CN2C(=O)c2ccc(C(F)(F)F)[nH]2)C(=O)N1. The van der Waals surface area contributed by atoms with Crippen LogP contribution in [0.5, 0.6) is 0 Å². The number of nitrogens with one attached hydrogen (secondary N) is 3. The fourth-order valence-corrected chi connectivity index (χ4v) is 5.76. The highest BCUT2D eigenvalue weighted by atomic mass is 19.4. The molecule has 0 bridgehead atoms. The lowest BCUT2D eigenvalue weighted by Gasteiger charge is -2.28. The molecule has 2 aliphatic heterocycles. The van der Waals surface area contributed by atoms with Gasteiger partial charge in [0.1, 0.15) is 23.5 Å². The molecule has 3 N–H and O–H groups in total. The van der Waals surface area contributed by atoms with Crippen molar-refractivity contribution in [1.29, 1.82) is 5.26 Å². The zero-order chi connectivity index (χ0) is 24.8. The fraction of sp³-hybridized carbons (Fsp3) is 0.652. The fourth-order valence-electron chi connectivity index (χ4n) is 5.76. The van der Waals surface area contributed by atoms with Gasteiger partial charge in [0.25, 0.3) is 5.91 Å². The predicted molar refractivity (Wildman–Crippen MR) is 114 cm³/mol. The summed E-state index contributed by atoms with van der Waals surface area (Å²) in [7, 11) is 0. The summed E-state index contributed by atoms with van der Waals surface area (Å²) in [5, 5.41) is 15.2. The van der Waals surface area contributed by atoms with Crippen LogP contribution >= 0.6 is 0 Å². The van der Waals surface area contributed by atoms with Crippen molar-refractivity contribution < 1.29 is 27.6 Å². The Morgan fingerprint density at radius 2 is 2.06 bits per heavy atom. The Hall–Kier alpha value is -3.03. The molecule has 1 aliphatic carbocycles. The third-order valence-electron chi connectivity index (χ3n) is 7.22. The summed E-state index contributed by atoms with van der Waals surface area (Å²) in [5.74, 6) is -1.79. The Kier molecular flexibility index (Phi) is 6.12. The highest BCUT2D eigenvalue weighted by molar-refractivity contribution is 5.97. The number of H-pyrrole nitrogens is 1. The quantitative estimate of drug-likeness (QED) is 0.602. The van der Waals surface area contributed by atoms with Gasteiger partial charge in [0.2, 0.25) is 11.8 Å². The number of carbonyl (C=O) groups is 3. The number of fused-ring (bicyclic) bond motifs is 1. The molecule has 3 fully saturated rings. The van der Waals surface area contributed by atoms with Gasteiger partial charge in [-0.2, -0.15) is 18.4 Å². The number of amides is 3. The van der Waals surface area contributed by atoms with Crippen LogP contribution < -0.4 is 10.6 Å². The zero-order valence-corrected chi connectivity index (χ0v) is 19.0. The minimum absolute atomic E-state index is 0.0821. The highest BCUT2D eigenvalue weighted by Gasteiger charge is 2.50. The molecule has 1 aromatic heterocycles. The molecule has 0 unspecified atom stereocenters. The van der Waals surface area contributed by atoms with E-state index in [1.807, 2.05) is 19.9 Å². The van der Waals surface area contributed by atoms with Gasteiger partial charge in [0.05, 0.1) is 6.07 Å². The maximum Gasteiger partial charge on any atom is 0.431 e. The first kappa shape index (κ1) is 24.1. The first-order valence-electron chi connectivity index (χ1n) is 11.5. The summed E-state index contributed by atoms with van der Waals surface area (Å²) < 4.78 is 38.9. The van der Waals surface area contributed by atoms with Crippen molar-refractivity contribution in [3.05, 3.63) is 23.5 Å². The standard InChI is InChI=1S/C23H28F3N5O3/c1-22(2)9-13(19(32)30-22)8-14(10-27)28-20(33)18-15-5-3-4-12(15)11-31(18)21(34)16-6-7-17(29-16)23(24,25)26/h6-7,12-15,18,29H,3-5,8-9,11H2,1-2H3,(H,28,33)(H,30,32)/t12-,13+,14-,15-,18-/m0/s1. The molecule has 1 saturated carbocycles. The Morgan fingerprint density at radius 1 is 1.32 bits per heavy atom. The first-order valence-corrected chi connectivity index (χ1v) is 11.5. The van der Waals surface area contributed by atoms with Crippen LogP contribution in [0.3, 0.4) is 0 Å². The van der Waals surface area contributed by atoms with E-state index in [0.717, 1.165) is 31.4 Å². The van der Waals surface area contributed by atoms with Crippen LogP contribution in [-0.2, 0) is 15.8 Å². The molecule has 0 spiro atoms. The molecule has 3 heterocycles. The number of alkyl halides is 3. The molecular formula is C23H28F3N5O3. The van der Waals surface area contributed by atoms with Gasteiger partial charge in [0.15, 0.2) is 0 Å². The molecule has 5 atom stereocenters. The van der Waals surface area contributed by atoms with E-state index in [-0.39, 0.29) is 41.9 Å². The summed E-state index contributed by atoms with van der Waals surface area (Å²) in [4.78, 5) is 42.1. The zero-order valence-electron chi connectivity index (χ0n) is 19.0. The van der Waals surface area contributed by atoms with E-state index < -0.39 is 41.7 Å². The third-order valence-corrected chi connectivity index (χ3v) is 7.22. The molecule has 11 heteroatoms. The Bertz CT molecular complexity index is 1030. The Morgan fingerprint density at radius 3 is 2.65 bits per heavy atom. The van der Waals surface area contributed by atoms with Gasteiger partial charge in [-0.3, -0.25) is 14.4 Å².